The molecule has 114 valence electrons. The zero-order chi connectivity index (χ0) is 15.8. The summed E-state index contributed by atoms with van der Waals surface area (Å²) in [5.74, 6) is 0.960. The summed E-state index contributed by atoms with van der Waals surface area (Å²) in [7, 11) is -3.70. The molecule has 1 aromatic heterocycles. The monoisotopic (exact) mass is 309 g/mol. The van der Waals surface area contributed by atoms with Crippen LogP contribution in [0.2, 0.25) is 0 Å². The van der Waals surface area contributed by atoms with Gasteiger partial charge in [-0.25, -0.2) is 13.4 Å². The first-order valence-electron chi connectivity index (χ1n) is 6.52. The lowest BCUT2D eigenvalue weighted by atomic mass is 10.1. The van der Waals surface area contributed by atoms with Crippen molar-refractivity contribution in [2.45, 2.75) is 38.6 Å². The fourth-order valence-corrected chi connectivity index (χ4v) is 3.60. The SMILES string of the molecule is Cc1cnc(C(C)NS(=O)(=O)c2cc(N)cc(C)c2C)o1. The summed E-state index contributed by atoms with van der Waals surface area (Å²) in [4.78, 5) is 4.21. The van der Waals surface area contributed by atoms with Gasteiger partial charge < -0.3 is 10.2 Å². The third-order valence-electron chi connectivity index (χ3n) is 3.27. The molecule has 1 aromatic carbocycles. The average molecular weight is 309 g/mol. The van der Waals surface area contributed by atoms with Crippen molar-refractivity contribution in [1.29, 1.82) is 0 Å². The highest BCUT2D eigenvalue weighted by molar-refractivity contribution is 7.89. The Labute approximate surface area is 124 Å². The molecule has 2 aromatic rings. The van der Waals surface area contributed by atoms with E-state index >= 15 is 0 Å². The van der Waals surface area contributed by atoms with Gasteiger partial charge in [0.2, 0.25) is 15.9 Å². The Balaban J connectivity index is 2.35. The maximum Gasteiger partial charge on any atom is 0.241 e. The first kappa shape index (κ1) is 15.5. The molecule has 0 aliphatic rings. The fraction of sp³-hybridized carbons (Fsp3) is 0.357. The molecule has 21 heavy (non-hydrogen) atoms. The first-order valence-corrected chi connectivity index (χ1v) is 8.00. The van der Waals surface area contributed by atoms with Crippen molar-refractivity contribution in [1.82, 2.24) is 9.71 Å². The van der Waals surface area contributed by atoms with Gasteiger partial charge in [-0.15, -0.1) is 0 Å². The highest BCUT2D eigenvalue weighted by Gasteiger charge is 2.23. The van der Waals surface area contributed by atoms with E-state index in [-0.39, 0.29) is 4.90 Å². The number of anilines is 1. The van der Waals surface area contributed by atoms with E-state index in [0.717, 1.165) is 5.56 Å². The number of nitrogens with one attached hydrogen (secondary N) is 1. The van der Waals surface area contributed by atoms with Gasteiger partial charge in [0, 0.05) is 5.69 Å². The molecule has 0 aliphatic heterocycles. The Bertz CT molecular complexity index is 766. The minimum Gasteiger partial charge on any atom is -0.444 e. The zero-order valence-corrected chi connectivity index (χ0v) is 13.3. The van der Waals surface area contributed by atoms with Gasteiger partial charge >= 0.3 is 0 Å². The minimum absolute atomic E-state index is 0.176. The van der Waals surface area contributed by atoms with Crippen LogP contribution in [0.25, 0.3) is 0 Å². The zero-order valence-electron chi connectivity index (χ0n) is 12.5. The van der Waals surface area contributed by atoms with Crippen LogP contribution < -0.4 is 10.5 Å². The van der Waals surface area contributed by atoms with Crippen LogP contribution in [0.1, 0.15) is 35.7 Å². The lowest BCUT2D eigenvalue weighted by Crippen LogP contribution is -2.28. The van der Waals surface area contributed by atoms with Crippen molar-refractivity contribution >= 4 is 15.7 Å². The maximum atomic E-state index is 12.5. The molecule has 0 amide bonds. The molecular weight excluding hydrogens is 290 g/mol. The Morgan fingerprint density at radius 1 is 1.29 bits per heavy atom. The van der Waals surface area contributed by atoms with Crippen molar-refractivity contribution in [3.05, 3.63) is 41.1 Å². The van der Waals surface area contributed by atoms with Crippen LogP contribution in [0.15, 0.2) is 27.6 Å². The number of nitrogen functional groups attached to an aromatic ring is 1. The van der Waals surface area contributed by atoms with Crippen LogP contribution in [0.4, 0.5) is 5.69 Å². The van der Waals surface area contributed by atoms with Crippen LogP contribution in [0.5, 0.6) is 0 Å². The number of hydrogen-bond donors (Lipinski definition) is 2. The Morgan fingerprint density at radius 3 is 2.52 bits per heavy atom. The summed E-state index contributed by atoms with van der Waals surface area (Å²) >= 11 is 0. The summed E-state index contributed by atoms with van der Waals surface area (Å²) in [6.45, 7) is 7.01. The van der Waals surface area contributed by atoms with Gasteiger partial charge in [0.25, 0.3) is 0 Å². The van der Waals surface area contributed by atoms with Gasteiger partial charge in [-0.2, -0.15) is 4.72 Å². The van der Waals surface area contributed by atoms with Gasteiger partial charge in [-0.1, -0.05) is 0 Å². The molecule has 0 saturated carbocycles. The molecule has 7 heteroatoms. The lowest BCUT2D eigenvalue weighted by molar-refractivity contribution is 0.427. The van der Waals surface area contributed by atoms with Crippen molar-refractivity contribution < 1.29 is 12.8 Å². The van der Waals surface area contributed by atoms with E-state index < -0.39 is 16.1 Å². The topological polar surface area (TPSA) is 98.2 Å². The van der Waals surface area contributed by atoms with Crippen molar-refractivity contribution in [2.75, 3.05) is 5.73 Å². The van der Waals surface area contributed by atoms with Crippen molar-refractivity contribution in [3.8, 4) is 0 Å². The number of nitrogens with two attached hydrogens (primary N) is 1. The molecule has 0 fully saturated rings. The second-order valence-electron chi connectivity index (χ2n) is 5.11. The number of nitrogens with zero attached hydrogens (tertiary/aromatic N) is 1. The van der Waals surface area contributed by atoms with Gasteiger partial charge in [0.05, 0.1) is 17.1 Å². The third kappa shape index (κ3) is 3.25. The largest absolute Gasteiger partial charge is 0.444 e. The maximum absolute atomic E-state index is 12.5. The predicted molar refractivity (Wildman–Crippen MR) is 80.3 cm³/mol. The van der Waals surface area contributed by atoms with Crippen LogP contribution in [0.3, 0.4) is 0 Å². The number of benzene rings is 1. The molecule has 0 radical (unpaired) electrons. The standard InChI is InChI=1S/C14H19N3O3S/c1-8-5-12(15)6-13(10(8)3)21(18,19)17-11(4)14-16-7-9(2)20-14/h5-7,11,17H,15H2,1-4H3. The number of oxazole rings is 1. The first-order chi connectivity index (χ1) is 9.70. The Kier molecular flexibility index (Phi) is 4.06. The molecule has 2 rings (SSSR count). The predicted octanol–water partition coefficient (Wildman–Crippen LogP) is 2.22. The number of aryl methyl sites for hydroxylation is 2. The summed E-state index contributed by atoms with van der Waals surface area (Å²) < 4.78 is 32.9. The van der Waals surface area contributed by atoms with E-state index in [1.54, 1.807) is 33.0 Å². The summed E-state index contributed by atoms with van der Waals surface area (Å²) in [6.07, 6.45) is 1.55. The highest BCUT2D eigenvalue weighted by Crippen LogP contribution is 2.24. The summed E-state index contributed by atoms with van der Waals surface area (Å²) in [6, 6.07) is 2.64. The van der Waals surface area contributed by atoms with E-state index in [2.05, 4.69) is 9.71 Å². The van der Waals surface area contributed by atoms with E-state index in [9.17, 15) is 8.42 Å². The van der Waals surface area contributed by atoms with E-state index in [1.165, 1.54) is 6.07 Å². The normalized spacial score (nSPS) is 13.3. The second kappa shape index (κ2) is 5.50. The number of hydrogen-bond acceptors (Lipinski definition) is 5. The molecule has 0 spiro atoms. The number of rotatable bonds is 4. The average Bonchev–Trinajstić information content (AvgIpc) is 2.80. The van der Waals surface area contributed by atoms with Crippen LogP contribution in [-0.4, -0.2) is 13.4 Å². The molecule has 1 heterocycles. The molecule has 6 nitrogen and oxygen atoms in total. The van der Waals surface area contributed by atoms with Gasteiger partial charge in [-0.3, -0.25) is 0 Å². The van der Waals surface area contributed by atoms with E-state index in [1.807, 2.05) is 6.92 Å². The molecule has 1 atom stereocenters. The van der Waals surface area contributed by atoms with Crippen LogP contribution in [0, 0.1) is 20.8 Å². The van der Waals surface area contributed by atoms with Crippen LogP contribution in [-0.2, 0) is 10.0 Å². The summed E-state index contributed by atoms with van der Waals surface area (Å²) in [5, 5.41) is 0. The lowest BCUT2D eigenvalue weighted by Gasteiger charge is -2.15. The molecule has 0 aliphatic carbocycles. The van der Waals surface area contributed by atoms with Crippen molar-refractivity contribution in [2.24, 2.45) is 0 Å². The second-order valence-corrected chi connectivity index (χ2v) is 6.80. The molecular formula is C14H19N3O3S. The van der Waals surface area contributed by atoms with Crippen molar-refractivity contribution in [3.63, 3.8) is 0 Å². The highest BCUT2D eigenvalue weighted by atomic mass is 32.2. The Hall–Kier alpha value is -1.86. The summed E-state index contributed by atoms with van der Waals surface area (Å²) in [5.41, 5.74) is 7.66. The number of aromatic nitrogens is 1. The van der Waals surface area contributed by atoms with E-state index in [0.29, 0.717) is 22.9 Å². The van der Waals surface area contributed by atoms with E-state index in [4.69, 9.17) is 10.2 Å². The molecule has 1 unspecified atom stereocenters. The minimum atomic E-state index is -3.70. The smallest absolute Gasteiger partial charge is 0.241 e. The van der Waals surface area contributed by atoms with Crippen LogP contribution >= 0.6 is 0 Å². The van der Waals surface area contributed by atoms with Gasteiger partial charge in [0.1, 0.15) is 5.76 Å². The number of sulfonamides is 1. The Morgan fingerprint density at radius 2 is 1.95 bits per heavy atom. The fourth-order valence-electron chi connectivity index (χ4n) is 2.05. The molecule has 3 N–H and O–H groups in total. The van der Waals surface area contributed by atoms with Gasteiger partial charge in [0.15, 0.2) is 0 Å². The third-order valence-corrected chi connectivity index (χ3v) is 4.94. The molecule has 0 saturated heterocycles. The molecule has 0 bridgehead atoms. The van der Waals surface area contributed by atoms with Gasteiger partial charge in [-0.05, 0) is 51.0 Å². The quantitative estimate of drug-likeness (QED) is 0.844.